The van der Waals surface area contributed by atoms with E-state index in [0.717, 1.165) is 10.0 Å². The number of carbonyl (C=O) groups excluding carboxylic acids is 2. The third-order valence-electron chi connectivity index (χ3n) is 2.51. The minimum Gasteiger partial charge on any atom is -0.384 e. The number of benzene rings is 1. The van der Waals surface area contributed by atoms with Crippen molar-refractivity contribution in [2.24, 2.45) is 0 Å². The van der Waals surface area contributed by atoms with Crippen LogP contribution in [0.5, 0.6) is 0 Å². The zero-order valence-corrected chi connectivity index (χ0v) is 12.8. The molecule has 1 rings (SSSR count). The molecule has 0 aliphatic heterocycles. The quantitative estimate of drug-likeness (QED) is 0.771. The van der Waals surface area contributed by atoms with E-state index in [1.54, 1.807) is 0 Å². The lowest BCUT2D eigenvalue weighted by atomic mass is 10.0. The van der Waals surface area contributed by atoms with Crippen LogP contribution in [0, 0.1) is 0 Å². The molecule has 0 saturated heterocycles. The Kier molecular flexibility index (Phi) is 7.05. The molecular formula is C13H15BrClNO3. The predicted molar refractivity (Wildman–Crippen MR) is 77.0 cm³/mol. The average molecular weight is 349 g/mol. The molecule has 0 aromatic heterocycles. The van der Waals surface area contributed by atoms with Gasteiger partial charge in [-0.1, -0.05) is 28.1 Å². The van der Waals surface area contributed by atoms with E-state index in [1.807, 2.05) is 24.3 Å². The number of rotatable bonds is 7. The summed E-state index contributed by atoms with van der Waals surface area (Å²) >= 11 is 8.75. The van der Waals surface area contributed by atoms with Gasteiger partial charge in [-0.2, -0.15) is 0 Å². The second-order valence-corrected chi connectivity index (χ2v) is 5.31. The van der Waals surface area contributed by atoms with Gasteiger partial charge in [0.05, 0.1) is 12.6 Å². The fourth-order valence-corrected chi connectivity index (χ4v) is 1.99. The summed E-state index contributed by atoms with van der Waals surface area (Å²) in [7, 11) is 1.53. The number of hydrogen-bond donors (Lipinski definition) is 1. The first-order valence-corrected chi connectivity index (χ1v) is 6.92. The van der Waals surface area contributed by atoms with Gasteiger partial charge in [0.1, 0.15) is 0 Å². The van der Waals surface area contributed by atoms with Gasteiger partial charge in [-0.15, -0.1) is 0 Å². The van der Waals surface area contributed by atoms with Gasteiger partial charge < -0.3 is 10.1 Å². The minimum absolute atomic E-state index is 0.0575. The summed E-state index contributed by atoms with van der Waals surface area (Å²) in [6, 6.07) is 6.96. The van der Waals surface area contributed by atoms with Crippen molar-refractivity contribution in [2.45, 2.75) is 18.9 Å². The van der Waals surface area contributed by atoms with E-state index >= 15 is 0 Å². The smallest absolute Gasteiger partial charge is 0.224 e. The van der Waals surface area contributed by atoms with E-state index < -0.39 is 11.3 Å². The van der Waals surface area contributed by atoms with Gasteiger partial charge in [0.15, 0.2) is 0 Å². The number of carbonyl (C=O) groups is 2. The van der Waals surface area contributed by atoms with Gasteiger partial charge in [-0.25, -0.2) is 0 Å². The minimum atomic E-state index is -0.486. The Balaban J connectivity index is 2.74. The molecule has 1 amide bonds. The molecule has 4 nitrogen and oxygen atoms in total. The molecule has 0 spiro atoms. The SMILES string of the molecule is COCCC(=O)NC(CC(=O)Cl)c1ccc(Br)cc1. The van der Waals surface area contributed by atoms with Crippen molar-refractivity contribution in [3.8, 4) is 0 Å². The van der Waals surface area contributed by atoms with Crippen LogP contribution in [0.4, 0.5) is 0 Å². The largest absolute Gasteiger partial charge is 0.384 e. The molecule has 1 unspecified atom stereocenters. The average Bonchev–Trinajstić information content (AvgIpc) is 2.36. The molecule has 1 atom stereocenters. The number of methoxy groups -OCH3 is 1. The van der Waals surface area contributed by atoms with E-state index in [2.05, 4.69) is 21.2 Å². The highest BCUT2D eigenvalue weighted by Crippen LogP contribution is 2.20. The molecule has 1 N–H and O–H groups in total. The second kappa shape index (κ2) is 8.30. The van der Waals surface area contributed by atoms with Gasteiger partial charge in [0, 0.05) is 24.4 Å². The van der Waals surface area contributed by atoms with Crippen molar-refractivity contribution in [2.75, 3.05) is 13.7 Å². The third-order valence-corrected chi connectivity index (χ3v) is 3.19. The molecule has 19 heavy (non-hydrogen) atoms. The van der Waals surface area contributed by atoms with Gasteiger partial charge in [-0.3, -0.25) is 9.59 Å². The number of hydrogen-bond acceptors (Lipinski definition) is 3. The Bertz CT molecular complexity index is 436. The maximum absolute atomic E-state index is 11.7. The Morgan fingerprint density at radius 1 is 1.37 bits per heavy atom. The normalized spacial score (nSPS) is 11.9. The van der Waals surface area contributed by atoms with Crippen molar-refractivity contribution in [1.29, 1.82) is 0 Å². The molecular weight excluding hydrogens is 334 g/mol. The molecule has 0 radical (unpaired) electrons. The lowest BCUT2D eigenvalue weighted by Gasteiger charge is -2.17. The molecule has 0 bridgehead atoms. The highest BCUT2D eigenvalue weighted by atomic mass is 79.9. The Morgan fingerprint density at radius 3 is 2.53 bits per heavy atom. The van der Waals surface area contributed by atoms with E-state index in [9.17, 15) is 9.59 Å². The van der Waals surface area contributed by atoms with Crippen LogP contribution in [0.25, 0.3) is 0 Å². The number of halogens is 2. The number of amides is 1. The predicted octanol–water partition coefficient (Wildman–Crippen LogP) is 2.80. The van der Waals surface area contributed by atoms with Crippen LogP contribution in [0.1, 0.15) is 24.4 Å². The Morgan fingerprint density at radius 2 is 2.00 bits per heavy atom. The maximum atomic E-state index is 11.7. The molecule has 0 aliphatic carbocycles. The van der Waals surface area contributed by atoms with E-state index in [1.165, 1.54) is 7.11 Å². The van der Waals surface area contributed by atoms with E-state index in [0.29, 0.717) is 6.61 Å². The zero-order valence-electron chi connectivity index (χ0n) is 10.5. The standard InChI is InChI=1S/C13H15BrClNO3/c1-19-7-6-13(18)16-11(8-12(15)17)9-2-4-10(14)5-3-9/h2-5,11H,6-8H2,1H3,(H,16,18). The fourth-order valence-electron chi connectivity index (χ4n) is 1.57. The maximum Gasteiger partial charge on any atom is 0.224 e. The monoisotopic (exact) mass is 347 g/mol. The van der Waals surface area contributed by atoms with Gasteiger partial charge in [-0.05, 0) is 29.3 Å². The first-order chi connectivity index (χ1) is 9.02. The van der Waals surface area contributed by atoms with Gasteiger partial charge in [0.25, 0.3) is 0 Å². The Labute approximate surface area is 125 Å². The molecule has 0 fully saturated rings. The number of nitrogens with one attached hydrogen (secondary N) is 1. The van der Waals surface area contributed by atoms with Gasteiger partial charge in [0.2, 0.25) is 11.1 Å². The van der Waals surface area contributed by atoms with Crippen molar-refractivity contribution < 1.29 is 14.3 Å². The Hall–Kier alpha value is -0.910. The summed E-state index contributed by atoms with van der Waals surface area (Å²) in [4.78, 5) is 22.7. The van der Waals surface area contributed by atoms with E-state index in [-0.39, 0.29) is 18.7 Å². The third kappa shape index (κ3) is 6.18. The summed E-state index contributed by atoms with van der Waals surface area (Å²) in [6.07, 6.45) is 0.307. The molecule has 104 valence electrons. The first-order valence-electron chi connectivity index (χ1n) is 5.75. The highest BCUT2D eigenvalue weighted by Gasteiger charge is 2.17. The van der Waals surface area contributed by atoms with Crippen molar-refractivity contribution in [3.05, 3.63) is 34.3 Å². The topological polar surface area (TPSA) is 55.4 Å². The van der Waals surface area contributed by atoms with Crippen molar-refractivity contribution in [1.82, 2.24) is 5.32 Å². The van der Waals surface area contributed by atoms with Crippen LogP contribution in [0.15, 0.2) is 28.7 Å². The molecule has 1 aromatic rings. The van der Waals surface area contributed by atoms with Crippen LogP contribution in [-0.4, -0.2) is 24.9 Å². The lowest BCUT2D eigenvalue weighted by molar-refractivity contribution is -0.123. The summed E-state index contributed by atoms with van der Waals surface area (Å²) in [6.45, 7) is 0.341. The van der Waals surface area contributed by atoms with Gasteiger partial charge >= 0.3 is 0 Å². The van der Waals surface area contributed by atoms with Crippen LogP contribution >= 0.6 is 27.5 Å². The molecule has 1 aromatic carbocycles. The van der Waals surface area contributed by atoms with Crippen molar-refractivity contribution in [3.63, 3.8) is 0 Å². The fraction of sp³-hybridized carbons (Fsp3) is 0.385. The zero-order chi connectivity index (χ0) is 14.3. The summed E-state index contributed by atoms with van der Waals surface area (Å²) in [5, 5.41) is 2.29. The molecule has 0 aliphatic rings. The summed E-state index contributed by atoms with van der Waals surface area (Å²) in [5.41, 5.74) is 0.836. The lowest BCUT2D eigenvalue weighted by Crippen LogP contribution is -2.30. The highest BCUT2D eigenvalue weighted by molar-refractivity contribution is 9.10. The second-order valence-electron chi connectivity index (χ2n) is 3.97. The first kappa shape index (κ1) is 16.1. The van der Waals surface area contributed by atoms with Crippen molar-refractivity contribution >= 4 is 38.7 Å². The molecule has 6 heteroatoms. The van der Waals surface area contributed by atoms with Crippen LogP contribution in [0.3, 0.4) is 0 Å². The summed E-state index contributed by atoms with van der Waals surface area (Å²) < 4.78 is 5.77. The molecule has 0 saturated carbocycles. The summed E-state index contributed by atoms with van der Waals surface area (Å²) in [5.74, 6) is -0.173. The number of ether oxygens (including phenoxy) is 1. The van der Waals surface area contributed by atoms with Crippen LogP contribution < -0.4 is 5.32 Å². The molecule has 0 heterocycles. The van der Waals surface area contributed by atoms with Crippen LogP contribution in [-0.2, 0) is 14.3 Å². The van der Waals surface area contributed by atoms with Crippen LogP contribution in [0.2, 0.25) is 0 Å². The van der Waals surface area contributed by atoms with E-state index in [4.69, 9.17) is 16.3 Å².